The highest BCUT2D eigenvalue weighted by Crippen LogP contribution is 2.27. The number of nitrogens with one attached hydrogen (secondary N) is 1. The summed E-state index contributed by atoms with van der Waals surface area (Å²) in [6, 6.07) is 15.7. The normalized spacial score (nSPS) is 11.1. The van der Waals surface area contributed by atoms with Gasteiger partial charge in [0, 0.05) is 28.5 Å². The van der Waals surface area contributed by atoms with Gasteiger partial charge in [-0.25, -0.2) is 4.39 Å². The van der Waals surface area contributed by atoms with Gasteiger partial charge in [-0.05, 0) is 31.2 Å². The number of halogens is 1. The van der Waals surface area contributed by atoms with E-state index in [0.717, 1.165) is 16.6 Å². The molecule has 0 spiro atoms. The van der Waals surface area contributed by atoms with Crippen LogP contribution in [-0.4, -0.2) is 15.9 Å². The zero-order valence-corrected chi connectivity index (χ0v) is 13.5. The van der Waals surface area contributed by atoms with Crippen molar-refractivity contribution in [3.05, 3.63) is 77.4 Å². The highest BCUT2D eigenvalue weighted by molar-refractivity contribution is 6.01. The van der Waals surface area contributed by atoms with Gasteiger partial charge in [0.1, 0.15) is 17.3 Å². The van der Waals surface area contributed by atoms with Gasteiger partial charge in [-0.3, -0.25) is 4.79 Å². The average molecular weight is 334 g/mol. The zero-order chi connectivity index (χ0) is 17.4. The first kappa shape index (κ1) is 15.3. The van der Waals surface area contributed by atoms with E-state index in [4.69, 9.17) is 4.52 Å². The number of nitrogens with zero attached hydrogens (tertiary/aromatic N) is 1. The van der Waals surface area contributed by atoms with Crippen molar-refractivity contribution in [2.45, 2.75) is 13.3 Å². The van der Waals surface area contributed by atoms with Crippen LogP contribution in [0.3, 0.4) is 0 Å². The van der Waals surface area contributed by atoms with Crippen LogP contribution in [0, 0.1) is 12.7 Å². The fourth-order valence-corrected chi connectivity index (χ4v) is 2.93. The van der Waals surface area contributed by atoms with Crippen LogP contribution in [0.1, 0.15) is 21.8 Å². The molecule has 124 valence electrons. The molecule has 4 aromatic rings. The number of benzene rings is 2. The average Bonchev–Trinajstić information content (AvgIpc) is 3.19. The molecule has 4 nitrogen and oxygen atoms in total. The van der Waals surface area contributed by atoms with E-state index >= 15 is 0 Å². The minimum atomic E-state index is -0.327. The summed E-state index contributed by atoms with van der Waals surface area (Å²) in [5.74, 6) is 0.196. The first-order valence-electron chi connectivity index (χ1n) is 7.94. The number of fused-ring (bicyclic) bond motifs is 1. The molecular weight excluding hydrogens is 319 g/mol. The molecule has 0 aliphatic rings. The molecule has 0 radical (unpaired) electrons. The van der Waals surface area contributed by atoms with E-state index in [0.29, 0.717) is 22.5 Å². The number of aryl methyl sites for hydroxylation is 1. The Morgan fingerprint density at radius 2 is 1.96 bits per heavy atom. The van der Waals surface area contributed by atoms with Gasteiger partial charge in [-0.1, -0.05) is 35.5 Å². The van der Waals surface area contributed by atoms with E-state index < -0.39 is 0 Å². The van der Waals surface area contributed by atoms with Crippen LogP contribution in [0.5, 0.6) is 0 Å². The molecule has 0 amide bonds. The third-order valence-electron chi connectivity index (χ3n) is 4.25. The number of Topliss-reactive ketones (excluding diaryl/α,β-unsaturated/α-hetero) is 1. The van der Waals surface area contributed by atoms with Gasteiger partial charge in [0.2, 0.25) is 0 Å². The van der Waals surface area contributed by atoms with Gasteiger partial charge in [-0.2, -0.15) is 0 Å². The summed E-state index contributed by atoms with van der Waals surface area (Å²) < 4.78 is 18.6. The minimum Gasteiger partial charge on any atom is -0.361 e. The number of rotatable bonds is 4. The smallest absolute Gasteiger partial charge is 0.183 e. The number of ketones is 1. The van der Waals surface area contributed by atoms with Crippen molar-refractivity contribution < 1.29 is 13.7 Å². The lowest BCUT2D eigenvalue weighted by atomic mass is 10.0. The predicted molar refractivity (Wildman–Crippen MR) is 93.0 cm³/mol. The van der Waals surface area contributed by atoms with Crippen molar-refractivity contribution in [3.8, 4) is 11.3 Å². The first-order chi connectivity index (χ1) is 12.1. The first-order valence-corrected chi connectivity index (χ1v) is 7.94. The van der Waals surface area contributed by atoms with Gasteiger partial charge in [0.15, 0.2) is 5.78 Å². The lowest BCUT2D eigenvalue weighted by molar-refractivity contribution is 0.0988. The summed E-state index contributed by atoms with van der Waals surface area (Å²) in [5.41, 5.74) is 3.52. The summed E-state index contributed by atoms with van der Waals surface area (Å²) in [6.07, 6.45) is 0.162. The molecule has 5 heteroatoms. The fraction of sp³-hybridized carbons (Fsp3) is 0.100. The second-order valence-electron chi connectivity index (χ2n) is 5.95. The SMILES string of the molecule is Cc1onc(-c2ccccc2)c1CC(=O)c1cc2cc(F)ccc2[nH]1. The fourth-order valence-electron chi connectivity index (χ4n) is 2.93. The molecule has 0 atom stereocenters. The Labute approximate surface area is 143 Å². The van der Waals surface area contributed by atoms with E-state index in [1.54, 1.807) is 19.1 Å². The van der Waals surface area contributed by atoms with Crippen molar-refractivity contribution in [1.29, 1.82) is 0 Å². The Bertz CT molecular complexity index is 1060. The van der Waals surface area contributed by atoms with Crippen molar-refractivity contribution >= 4 is 16.7 Å². The van der Waals surface area contributed by atoms with Crippen molar-refractivity contribution in [1.82, 2.24) is 10.1 Å². The van der Waals surface area contributed by atoms with Crippen LogP contribution < -0.4 is 0 Å². The molecule has 25 heavy (non-hydrogen) atoms. The molecule has 0 saturated carbocycles. The monoisotopic (exact) mass is 334 g/mol. The molecular formula is C20H15FN2O2. The lowest BCUT2D eigenvalue weighted by Crippen LogP contribution is -2.05. The largest absolute Gasteiger partial charge is 0.361 e. The highest BCUT2D eigenvalue weighted by Gasteiger charge is 2.19. The maximum absolute atomic E-state index is 13.3. The predicted octanol–water partition coefficient (Wildman–Crippen LogP) is 4.70. The lowest BCUT2D eigenvalue weighted by Gasteiger charge is -2.01. The van der Waals surface area contributed by atoms with Crippen molar-refractivity contribution in [3.63, 3.8) is 0 Å². The van der Waals surface area contributed by atoms with E-state index in [1.165, 1.54) is 12.1 Å². The maximum Gasteiger partial charge on any atom is 0.183 e. The van der Waals surface area contributed by atoms with E-state index in [2.05, 4.69) is 10.1 Å². The molecule has 1 N–H and O–H groups in total. The summed E-state index contributed by atoms with van der Waals surface area (Å²) in [4.78, 5) is 15.8. The molecule has 2 heterocycles. The van der Waals surface area contributed by atoms with Crippen LogP contribution >= 0.6 is 0 Å². The highest BCUT2D eigenvalue weighted by atomic mass is 19.1. The topological polar surface area (TPSA) is 58.9 Å². The van der Waals surface area contributed by atoms with Crippen molar-refractivity contribution in [2.24, 2.45) is 0 Å². The van der Waals surface area contributed by atoms with Gasteiger partial charge < -0.3 is 9.51 Å². The van der Waals surface area contributed by atoms with E-state index in [-0.39, 0.29) is 18.0 Å². The minimum absolute atomic E-state index is 0.0971. The summed E-state index contributed by atoms with van der Waals surface area (Å²) in [5, 5.41) is 4.77. The maximum atomic E-state index is 13.3. The molecule has 4 rings (SSSR count). The molecule has 0 unspecified atom stereocenters. The molecule has 2 aromatic heterocycles. The van der Waals surface area contributed by atoms with Crippen LogP contribution in [0.2, 0.25) is 0 Å². The van der Waals surface area contributed by atoms with E-state index in [1.807, 2.05) is 30.3 Å². The van der Waals surface area contributed by atoms with Gasteiger partial charge in [0.05, 0.1) is 5.69 Å². The zero-order valence-electron chi connectivity index (χ0n) is 13.5. The molecule has 2 aromatic carbocycles. The van der Waals surface area contributed by atoms with Gasteiger partial charge >= 0.3 is 0 Å². The Kier molecular flexibility index (Phi) is 3.69. The summed E-state index contributed by atoms with van der Waals surface area (Å²) >= 11 is 0. The number of carbonyl (C=O) groups excluding carboxylic acids is 1. The third kappa shape index (κ3) is 2.85. The number of carbonyl (C=O) groups is 1. The number of H-pyrrole nitrogens is 1. The number of aromatic nitrogens is 2. The summed E-state index contributed by atoms with van der Waals surface area (Å²) in [7, 11) is 0. The Hall–Kier alpha value is -3.21. The molecule has 0 fully saturated rings. The standard InChI is InChI=1S/C20H15FN2O2/c1-12-16(20(23-25-12)13-5-3-2-4-6-13)11-19(24)18-10-14-9-15(21)7-8-17(14)22-18/h2-10,22H,11H2,1H3. The third-order valence-corrected chi connectivity index (χ3v) is 4.25. The Morgan fingerprint density at radius 3 is 2.76 bits per heavy atom. The molecule has 0 saturated heterocycles. The van der Waals surface area contributed by atoms with Crippen LogP contribution in [0.4, 0.5) is 4.39 Å². The second kappa shape index (κ2) is 6.02. The van der Waals surface area contributed by atoms with Crippen molar-refractivity contribution in [2.75, 3.05) is 0 Å². The number of aromatic amines is 1. The van der Waals surface area contributed by atoms with Gasteiger partial charge in [0.25, 0.3) is 0 Å². The molecule has 0 aliphatic carbocycles. The van der Waals surface area contributed by atoms with Gasteiger partial charge in [-0.15, -0.1) is 0 Å². The van der Waals surface area contributed by atoms with E-state index in [9.17, 15) is 9.18 Å². The second-order valence-corrected chi connectivity index (χ2v) is 5.95. The Morgan fingerprint density at radius 1 is 1.16 bits per heavy atom. The quantitative estimate of drug-likeness (QED) is 0.551. The molecule has 0 bridgehead atoms. The molecule has 0 aliphatic heterocycles. The number of hydrogen-bond acceptors (Lipinski definition) is 3. The van der Waals surface area contributed by atoms with Crippen LogP contribution in [-0.2, 0) is 6.42 Å². The van der Waals surface area contributed by atoms with Crippen LogP contribution in [0.15, 0.2) is 59.1 Å². The van der Waals surface area contributed by atoms with Crippen LogP contribution in [0.25, 0.3) is 22.2 Å². The Balaban J connectivity index is 1.68. The summed E-state index contributed by atoms with van der Waals surface area (Å²) in [6.45, 7) is 1.79. The number of hydrogen-bond donors (Lipinski definition) is 1.